The normalized spacial score (nSPS) is 12.9. The summed E-state index contributed by atoms with van der Waals surface area (Å²) >= 11 is 0. The van der Waals surface area contributed by atoms with E-state index in [1.807, 2.05) is 0 Å². The Labute approximate surface area is 75.6 Å². The van der Waals surface area contributed by atoms with Crippen LogP contribution in [0.4, 0.5) is 4.39 Å². The van der Waals surface area contributed by atoms with Gasteiger partial charge in [-0.15, -0.1) is 0 Å². The molecule has 0 aromatic heterocycles. The second-order valence-corrected chi connectivity index (χ2v) is 2.72. The van der Waals surface area contributed by atoms with E-state index in [0.717, 1.165) is 0 Å². The molecule has 4 heteroatoms. The minimum Gasteiger partial charge on any atom is -0.392 e. The predicted molar refractivity (Wildman–Crippen MR) is 46.3 cm³/mol. The van der Waals surface area contributed by atoms with Gasteiger partial charge in [0.05, 0.1) is 12.7 Å². The molecule has 3 nitrogen and oxygen atoms in total. The summed E-state index contributed by atoms with van der Waals surface area (Å²) in [7, 11) is 0. The van der Waals surface area contributed by atoms with Crippen molar-refractivity contribution < 1.29 is 14.6 Å². The fourth-order valence-electron chi connectivity index (χ4n) is 1.18. The Bertz CT molecular complexity index is 291. The van der Waals surface area contributed by atoms with Crippen molar-refractivity contribution in [2.45, 2.75) is 12.7 Å². The molecule has 0 spiro atoms. The number of nitrogens with two attached hydrogens (primary N) is 1. The van der Waals surface area contributed by atoms with Crippen molar-refractivity contribution in [3.8, 4) is 0 Å². The van der Waals surface area contributed by atoms with E-state index in [1.165, 1.54) is 12.1 Å². The molecule has 0 fully saturated rings. The first-order valence-corrected chi connectivity index (χ1v) is 3.97. The second-order valence-electron chi connectivity index (χ2n) is 2.72. The Balaban J connectivity index is 3.12. The van der Waals surface area contributed by atoms with Crippen molar-refractivity contribution in [3.63, 3.8) is 0 Å². The first-order valence-electron chi connectivity index (χ1n) is 3.97. The zero-order valence-electron chi connectivity index (χ0n) is 7.07. The molecule has 0 amide bonds. The van der Waals surface area contributed by atoms with E-state index in [9.17, 15) is 9.50 Å². The van der Waals surface area contributed by atoms with Gasteiger partial charge in [0.15, 0.2) is 0 Å². The van der Waals surface area contributed by atoms with E-state index in [2.05, 4.69) is 0 Å². The van der Waals surface area contributed by atoms with Crippen molar-refractivity contribution in [3.05, 3.63) is 35.1 Å². The van der Waals surface area contributed by atoms with Crippen LogP contribution in [0.15, 0.2) is 18.2 Å². The minimum atomic E-state index is -0.919. The number of hydrogen-bond donors (Lipinski definition) is 3. The number of hydrogen-bond acceptors (Lipinski definition) is 3. The van der Waals surface area contributed by atoms with Gasteiger partial charge >= 0.3 is 0 Å². The molecule has 1 unspecified atom stereocenters. The number of benzene rings is 1. The summed E-state index contributed by atoms with van der Waals surface area (Å²) in [5.41, 5.74) is 5.69. The Morgan fingerprint density at radius 2 is 2.15 bits per heavy atom. The maximum absolute atomic E-state index is 13.0. The summed E-state index contributed by atoms with van der Waals surface area (Å²) in [5.74, 6) is -0.521. The van der Waals surface area contributed by atoms with Crippen LogP contribution in [-0.4, -0.2) is 16.8 Å². The summed E-state index contributed by atoms with van der Waals surface area (Å²) in [6, 6.07) is 4.26. The van der Waals surface area contributed by atoms with Gasteiger partial charge in [0.1, 0.15) is 5.82 Å². The molecule has 0 aliphatic carbocycles. The zero-order valence-corrected chi connectivity index (χ0v) is 7.07. The lowest BCUT2D eigenvalue weighted by Gasteiger charge is -2.12. The fraction of sp³-hybridized carbons (Fsp3) is 0.333. The molecule has 1 aromatic carbocycles. The maximum Gasteiger partial charge on any atom is 0.129 e. The number of halogens is 1. The molecular weight excluding hydrogens is 173 g/mol. The van der Waals surface area contributed by atoms with E-state index >= 15 is 0 Å². The lowest BCUT2D eigenvalue weighted by Crippen LogP contribution is -2.14. The molecule has 0 saturated carbocycles. The van der Waals surface area contributed by atoms with Crippen molar-refractivity contribution >= 4 is 0 Å². The molecule has 0 radical (unpaired) electrons. The monoisotopic (exact) mass is 185 g/mol. The summed E-state index contributed by atoms with van der Waals surface area (Å²) in [6.07, 6.45) is -0.919. The third-order valence-electron chi connectivity index (χ3n) is 1.90. The molecule has 0 saturated heterocycles. The minimum absolute atomic E-state index is 0.0104. The van der Waals surface area contributed by atoms with Crippen LogP contribution < -0.4 is 5.73 Å². The molecular formula is C9H12FNO2. The van der Waals surface area contributed by atoms with Gasteiger partial charge in [0.25, 0.3) is 0 Å². The van der Waals surface area contributed by atoms with Crippen LogP contribution in [0.5, 0.6) is 0 Å². The first kappa shape index (κ1) is 10.1. The molecule has 1 aromatic rings. The van der Waals surface area contributed by atoms with Gasteiger partial charge in [-0.05, 0) is 11.6 Å². The Morgan fingerprint density at radius 1 is 1.46 bits per heavy atom. The van der Waals surface area contributed by atoms with Gasteiger partial charge in [0.2, 0.25) is 0 Å². The lowest BCUT2D eigenvalue weighted by atomic mass is 10.0. The summed E-state index contributed by atoms with van der Waals surface area (Å²) in [4.78, 5) is 0. The quantitative estimate of drug-likeness (QED) is 0.635. The third-order valence-corrected chi connectivity index (χ3v) is 1.90. The molecule has 0 aliphatic heterocycles. The van der Waals surface area contributed by atoms with Gasteiger partial charge in [-0.1, -0.05) is 12.1 Å². The standard InChI is InChI=1S/C9H12FNO2/c10-8-3-1-2-6(7(8)5-12)9(13)4-11/h1-3,9,12-13H,4-5,11H2. The average molecular weight is 185 g/mol. The number of aliphatic hydroxyl groups excluding tert-OH is 2. The lowest BCUT2D eigenvalue weighted by molar-refractivity contribution is 0.180. The van der Waals surface area contributed by atoms with E-state index in [1.54, 1.807) is 6.07 Å². The molecule has 1 atom stereocenters. The van der Waals surface area contributed by atoms with Crippen LogP contribution in [0.25, 0.3) is 0 Å². The number of aliphatic hydroxyl groups is 2. The predicted octanol–water partition coefficient (Wildman–Crippen LogP) is 0.310. The topological polar surface area (TPSA) is 66.5 Å². The van der Waals surface area contributed by atoms with E-state index in [0.29, 0.717) is 5.56 Å². The van der Waals surface area contributed by atoms with Crippen molar-refractivity contribution in [2.75, 3.05) is 6.54 Å². The summed E-state index contributed by atoms with van der Waals surface area (Å²) < 4.78 is 13.0. The molecule has 72 valence electrons. The van der Waals surface area contributed by atoms with Crippen LogP contribution in [0.2, 0.25) is 0 Å². The Hall–Kier alpha value is -0.970. The van der Waals surface area contributed by atoms with Gasteiger partial charge in [0, 0.05) is 12.1 Å². The van der Waals surface area contributed by atoms with Crippen LogP contribution >= 0.6 is 0 Å². The highest BCUT2D eigenvalue weighted by atomic mass is 19.1. The van der Waals surface area contributed by atoms with E-state index < -0.39 is 18.5 Å². The van der Waals surface area contributed by atoms with Crippen molar-refractivity contribution in [1.29, 1.82) is 0 Å². The maximum atomic E-state index is 13.0. The van der Waals surface area contributed by atoms with Crippen molar-refractivity contribution in [2.24, 2.45) is 5.73 Å². The smallest absolute Gasteiger partial charge is 0.129 e. The summed E-state index contributed by atoms with van der Waals surface area (Å²) in [6.45, 7) is -0.421. The van der Waals surface area contributed by atoms with Crippen LogP contribution in [0.1, 0.15) is 17.2 Å². The highest BCUT2D eigenvalue weighted by Gasteiger charge is 2.13. The highest BCUT2D eigenvalue weighted by molar-refractivity contribution is 5.30. The molecule has 1 rings (SSSR count). The van der Waals surface area contributed by atoms with E-state index in [-0.39, 0.29) is 12.1 Å². The van der Waals surface area contributed by atoms with Gasteiger partial charge < -0.3 is 15.9 Å². The Morgan fingerprint density at radius 3 is 2.69 bits per heavy atom. The molecule has 0 heterocycles. The van der Waals surface area contributed by atoms with Crippen LogP contribution in [0.3, 0.4) is 0 Å². The van der Waals surface area contributed by atoms with Crippen LogP contribution in [-0.2, 0) is 6.61 Å². The molecule has 13 heavy (non-hydrogen) atoms. The van der Waals surface area contributed by atoms with Gasteiger partial charge in [-0.25, -0.2) is 4.39 Å². The fourth-order valence-corrected chi connectivity index (χ4v) is 1.18. The third kappa shape index (κ3) is 2.03. The average Bonchev–Trinajstić information content (AvgIpc) is 2.16. The van der Waals surface area contributed by atoms with Gasteiger partial charge in [-0.3, -0.25) is 0 Å². The first-order chi connectivity index (χ1) is 6.20. The molecule has 0 aliphatic rings. The highest BCUT2D eigenvalue weighted by Crippen LogP contribution is 2.19. The molecule has 4 N–H and O–H groups in total. The number of rotatable bonds is 3. The second kappa shape index (κ2) is 4.32. The SMILES string of the molecule is NCC(O)c1cccc(F)c1CO. The van der Waals surface area contributed by atoms with Crippen molar-refractivity contribution in [1.82, 2.24) is 0 Å². The Kier molecular flexibility index (Phi) is 3.36. The van der Waals surface area contributed by atoms with E-state index in [4.69, 9.17) is 10.8 Å². The van der Waals surface area contributed by atoms with Crippen LogP contribution in [0, 0.1) is 5.82 Å². The molecule has 0 bridgehead atoms. The summed E-state index contributed by atoms with van der Waals surface area (Å²) in [5, 5.41) is 18.2. The largest absolute Gasteiger partial charge is 0.392 e. The van der Waals surface area contributed by atoms with Gasteiger partial charge in [-0.2, -0.15) is 0 Å². The zero-order chi connectivity index (χ0) is 9.84.